The Morgan fingerprint density at radius 3 is 2.38 bits per heavy atom. The molecule has 0 aromatic carbocycles. The number of carbonyl (C=O) groups is 1. The Morgan fingerprint density at radius 2 is 2.00 bits per heavy atom. The molecule has 0 rings (SSSR count). The largest absolute Gasteiger partial charge is 0.464 e. The fourth-order valence-corrected chi connectivity index (χ4v) is 1.04. The van der Waals surface area contributed by atoms with E-state index in [2.05, 4.69) is 22.8 Å². The Morgan fingerprint density at radius 1 is 1.44 bits per heavy atom. The maximum atomic E-state index is 11.3. The van der Waals surface area contributed by atoms with Crippen molar-refractivity contribution >= 4 is 30.0 Å². The molecule has 0 saturated carbocycles. The first-order valence-electron chi connectivity index (χ1n) is 4.57. The summed E-state index contributed by atoms with van der Waals surface area (Å²) in [6, 6.07) is -0.648. The molecule has 0 aliphatic carbocycles. The number of hydrogen-bond acceptors (Lipinski definition) is 6. The zero-order valence-electron chi connectivity index (χ0n) is 9.47. The Kier molecular flexibility index (Phi) is 11.0. The summed E-state index contributed by atoms with van der Waals surface area (Å²) in [6.45, 7) is 5.29. The van der Waals surface area contributed by atoms with Gasteiger partial charge in [0.1, 0.15) is 0 Å². The van der Waals surface area contributed by atoms with Gasteiger partial charge in [-0.05, 0) is 20.8 Å². The van der Waals surface area contributed by atoms with Crippen molar-refractivity contribution in [1.29, 1.82) is 0 Å². The van der Waals surface area contributed by atoms with Crippen LogP contribution in [0.15, 0.2) is 10.1 Å². The standard InChI is InChI=1S/C9H16N2O3S.Tc/c1-4-14-9(12)8(5-15)10-6(2)7(3)11-13;/h8,13,15H,4-5H2,1-3H3;/b10-6?,11-7-;/t8-;/m1./s1/i;1+1. The van der Waals surface area contributed by atoms with E-state index >= 15 is 0 Å². The molecule has 0 saturated heterocycles. The van der Waals surface area contributed by atoms with Crippen LogP contribution < -0.4 is 0 Å². The van der Waals surface area contributed by atoms with E-state index in [9.17, 15) is 4.79 Å². The first kappa shape index (κ1) is 18.0. The van der Waals surface area contributed by atoms with Crippen molar-refractivity contribution in [3.63, 3.8) is 0 Å². The predicted octanol–water partition coefficient (Wildman–Crippen LogP) is 1.16. The second-order valence-electron chi connectivity index (χ2n) is 2.85. The van der Waals surface area contributed by atoms with E-state index in [4.69, 9.17) is 9.94 Å². The second kappa shape index (κ2) is 9.81. The molecule has 0 amide bonds. The summed E-state index contributed by atoms with van der Waals surface area (Å²) < 4.78 is 4.81. The van der Waals surface area contributed by atoms with Crippen molar-refractivity contribution in [2.75, 3.05) is 12.4 Å². The molecule has 0 aliphatic rings. The minimum atomic E-state index is -0.648. The molecule has 5 nitrogen and oxygen atoms in total. The van der Waals surface area contributed by atoms with Gasteiger partial charge in [-0.1, -0.05) is 5.16 Å². The predicted molar refractivity (Wildman–Crippen MR) is 62.3 cm³/mol. The van der Waals surface area contributed by atoms with Crippen molar-refractivity contribution in [3.8, 4) is 0 Å². The summed E-state index contributed by atoms with van der Waals surface area (Å²) in [4.78, 5) is 15.4. The summed E-state index contributed by atoms with van der Waals surface area (Å²) in [6.07, 6.45) is 0. The van der Waals surface area contributed by atoms with Crippen LogP contribution in [0.4, 0.5) is 0 Å². The van der Waals surface area contributed by atoms with Crippen molar-refractivity contribution in [3.05, 3.63) is 0 Å². The quantitative estimate of drug-likeness (QED) is 0.261. The van der Waals surface area contributed by atoms with Crippen LogP contribution in [0.3, 0.4) is 0 Å². The molecule has 1 atom stereocenters. The van der Waals surface area contributed by atoms with E-state index in [0.717, 1.165) is 0 Å². The number of hydrogen-bond donors (Lipinski definition) is 2. The minimum Gasteiger partial charge on any atom is -0.464 e. The molecule has 0 unspecified atom stereocenters. The molecule has 0 aliphatic heterocycles. The molecule has 0 bridgehead atoms. The van der Waals surface area contributed by atoms with Crippen LogP contribution in [0.2, 0.25) is 0 Å². The monoisotopic (exact) mass is 331 g/mol. The van der Waals surface area contributed by atoms with E-state index in [1.807, 2.05) is 0 Å². The topological polar surface area (TPSA) is 71.2 Å². The smallest absolute Gasteiger partial charge is 0.331 e. The first-order chi connectivity index (χ1) is 7.06. The Balaban J connectivity index is 0. The number of oxime groups is 1. The molecule has 0 spiro atoms. The summed E-state index contributed by atoms with van der Waals surface area (Å²) in [5, 5.41) is 11.5. The fraction of sp³-hybridized carbons (Fsp3) is 0.667. The summed E-state index contributed by atoms with van der Waals surface area (Å²) in [5.41, 5.74) is 0.857. The van der Waals surface area contributed by atoms with Crippen LogP contribution >= 0.6 is 12.6 Å². The number of aliphatic imine (C=N–C) groups is 1. The number of esters is 1. The molecular weight excluding hydrogens is 315 g/mol. The number of ether oxygens (including phenoxy) is 1. The molecule has 0 fully saturated rings. The van der Waals surface area contributed by atoms with Crippen LogP contribution in [-0.2, 0) is 29.6 Å². The van der Waals surface area contributed by atoms with Crippen LogP contribution in [0.5, 0.6) is 0 Å². The van der Waals surface area contributed by atoms with Gasteiger partial charge in [0.25, 0.3) is 0 Å². The number of rotatable bonds is 5. The van der Waals surface area contributed by atoms with Crippen molar-refractivity contribution in [2.45, 2.75) is 26.8 Å². The van der Waals surface area contributed by atoms with Gasteiger partial charge < -0.3 is 9.94 Å². The van der Waals surface area contributed by atoms with Gasteiger partial charge in [0.2, 0.25) is 0 Å². The number of carbonyl (C=O) groups excluding carboxylic acids is 1. The van der Waals surface area contributed by atoms with Gasteiger partial charge in [-0.2, -0.15) is 12.6 Å². The zero-order valence-corrected chi connectivity index (χ0v) is 12.2. The van der Waals surface area contributed by atoms with Crippen LogP contribution in [0.1, 0.15) is 20.8 Å². The van der Waals surface area contributed by atoms with E-state index in [-0.39, 0.29) is 25.9 Å². The Bertz CT molecular complexity index is 282. The van der Waals surface area contributed by atoms with Crippen molar-refractivity contribution < 1.29 is 34.8 Å². The normalized spacial score (nSPS) is 14.0. The van der Waals surface area contributed by atoms with Gasteiger partial charge >= 0.3 is 5.97 Å². The Labute approximate surface area is 114 Å². The third-order valence-corrected chi connectivity index (χ3v) is 2.10. The molecule has 0 aromatic rings. The fourth-order valence-electron chi connectivity index (χ4n) is 0.806. The molecule has 93 valence electrons. The minimum absolute atomic E-state index is 0. The van der Waals surface area contributed by atoms with Crippen LogP contribution in [-0.4, -0.2) is 41.0 Å². The van der Waals surface area contributed by atoms with Gasteiger partial charge in [0.05, 0.1) is 18.0 Å². The van der Waals surface area contributed by atoms with Crippen LogP contribution in [0.25, 0.3) is 0 Å². The number of nitrogens with zero attached hydrogens (tertiary/aromatic N) is 2. The zero-order chi connectivity index (χ0) is 11.8. The van der Waals surface area contributed by atoms with E-state index < -0.39 is 12.0 Å². The average Bonchev–Trinajstić information content (AvgIpc) is 2.24. The third kappa shape index (κ3) is 6.25. The molecule has 16 heavy (non-hydrogen) atoms. The van der Waals surface area contributed by atoms with E-state index in [1.165, 1.54) is 0 Å². The summed E-state index contributed by atoms with van der Waals surface area (Å²) in [5.74, 6) is -0.160. The molecule has 1 N–H and O–H groups in total. The van der Waals surface area contributed by atoms with Crippen molar-refractivity contribution in [1.82, 2.24) is 0 Å². The average molecular weight is 331 g/mol. The molecule has 7 heteroatoms. The summed E-state index contributed by atoms with van der Waals surface area (Å²) >= 11 is 4.01. The van der Waals surface area contributed by atoms with Crippen molar-refractivity contribution in [2.24, 2.45) is 10.1 Å². The van der Waals surface area contributed by atoms with Gasteiger partial charge in [-0.25, -0.2) is 4.79 Å². The van der Waals surface area contributed by atoms with Gasteiger partial charge in [-0.15, -0.1) is 0 Å². The second-order valence-corrected chi connectivity index (χ2v) is 3.22. The molecule has 0 aromatic heterocycles. The molecular formula is C9H16N2O3STc. The number of thiol groups is 1. The van der Waals surface area contributed by atoms with Gasteiger partial charge in [-0.3, -0.25) is 4.99 Å². The van der Waals surface area contributed by atoms with E-state index in [1.54, 1.807) is 20.8 Å². The third-order valence-electron chi connectivity index (χ3n) is 1.75. The maximum absolute atomic E-state index is 11.3. The molecule has 1 radical (unpaired) electrons. The van der Waals surface area contributed by atoms with E-state index in [0.29, 0.717) is 18.0 Å². The SMILES string of the molecule is CCOC(=O)[C@@H](CS)N=C(C)/C(C)=N\O.[99Tc]. The summed E-state index contributed by atoms with van der Waals surface area (Å²) in [7, 11) is 0. The molecule has 0 heterocycles. The van der Waals surface area contributed by atoms with Gasteiger partial charge in [0.15, 0.2) is 6.04 Å². The first-order valence-corrected chi connectivity index (χ1v) is 5.21. The Hall–Kier alpha value is -0.391. The van der Waals surface area contributed by atoms with Gasteiger partial charge in [0, 0.05) is 25.9 Å². The maximum Gasteiger partial charge on any atom is 0.331 e. The van der Waals surface area contributed by atoms with Crippen LogP contribution in [0, 0.1) is 0 Å².